The van der Waals surface area contributed by atoms with Gasteiger partial charge in [-0.25, -0.2) is 4.79 Å². The third-order valence-electron chi connectivity index (χ3n) is 7.51. The van der Waals surface area contributed by atoms with Crippen molar-refractivity contribution in [1.82, 2.24) is 0 Å². The summed E-state index contributed by atoms with van der Waals surface area (Å²) in [5, 5.41) is 0. The van der Waals surface area contributed by atoms with Gasteiger partial charge >= 0.3 is 6.16 Å². The van der Waals surface area contributed by atoms with E-state index < -0.39 is 0 Å². The first-order valence-electron chi connectivity index (χ1n) is 10.7. The summed E-state index contributed by atoms with van der Waals surface area (Å²) in [6.07, 6.45) is 17.6. The Kier molecular flexibility index (Phi) is 5.34. The molecule has 0 saturated heterocycles. The monoisotopic (exact) mass is 334 g/mol. The second-order valence-electron chi connectivity index (χ2n) is 8.84. The van der Waals surface area contributed by atoms with Gasteiger partial charge in [-0.3, -0.25) is 0 Å². The predicted octanol–water partition coefficient (Wildman–Crippen LogP) is 5.86. The van der Waals surface area contributed by atoms with Crippen LogP contribution < -0.4 is 0 Å². The molecule has 3 heteroatoms. The van der Waals surface area contributed by atoms with Crippen molar-refractivity contribution in [2.75, 3.05) is 0 Å². The lowest BCUT2D eigenvalue weighted by Crippen LogP contribution is -2.41. The summed E-state index contributed by atoms with van der Waals surface area (Å²) in [7, 11) is 0. The Balaban J connectivity index is 1.32. The standard InChI is InChI=1S/C21H34O3/c22-21(23-19-13-5-9-15-7-1-3-11-17(15)19)24-20-14-6-10-16-8-2-4-12-18(16)20/h15-20H,1-14H2. The molecule has 4 rings (SSSR count). The van der Waals surface area contributed by atoms with Crippen molar-refractivity contribution in [1.29, 1.82) is 0 Å². The predicted molar refractivity (Wildman–Crippen MR) is 93.7 cm³/mol. The fourth-order valence-electron chi connectivity index (χ4n) is 6.33. The van der Waals surface area contributed by atoms with E-state index >= 15 is 0 Å². The fourth-order valence-corrected chi connectivity index (χ4v) is 6.33. The minimum absolute atomic E-state index is 0.127. The zero-order chi connectivity index (χ0) is 16.4. The maximum absolute atomic E-state index is 12.5. The summed E-state index contributed by atoms with van der Waals surface area (Å²) in [5.41, 5.74) is 0. The van der Waals surface area contributed by atoms with Gasteiger partial charge in [0.05, 0.1) is 0 Å². The number of hydrogen-bond donors (Lipinski definition) is 0. The number of ether oxygens (including phenoxy) is 2. The smallest absolute Gasteiger partial charge is 0.431 e. The third kappa shape index (κ3) is 3.60. The van der Waals surface area contributed by atoms with E-state index in [1.807, 2.05) is 0 Å². The van der Waals surface area contributed by atoms with Crippen LogP contribution in [0, 0.1) is 23.7 Å². The number of fused-ring (bicyclic) bond motifs is 2. The Labute approximate surface area is 146 Å². The SMILES string of the molecule is O=C(OC1CCCC2CCCCC21)OC1CCCC2CCCCC21. The Morgan fingerprint density at radius 2 is 0.958 bits per heavy atom. The lowest BCUT2D eigenvalue weighted by molar-refractivity contribution is -0.0758. The zero-order valence-electron chi connectivity index (χ0n) is 15.1. The summed E-state index contributed by atoms with van der Waals surface area (Å²) in [6, 6.07) is 0. The van der Waals surface area contributed by atoms with Crippen LogP contribution in [0.25, 0.3) is 0 Å². The van der Waals surface area contributed by atoms with Crippen molar-refractivity contribution in [2.24, 2.45) is 23.7 Å². The van der Waals surface area contributed by atoms with Gasteiger partial charge < -0.3 is 9.47 Å². The molecule has 4 aliphatic rings. The Hall–Kier alpha value is -0.730. The van der Waals surface area contributed by atoms with E-state index in [9.17, 15) is 4.79 Å². The molecule has 0 radical (unpaired) electrons. The van der Waals surface area contributed by atoms with E-state index in [-0.39, 0.29) is 18.4 Å². The first kappa shape index (κ1) is 16.7. The summed E-state index contributed by atoms with van der Waals surface area (Å²) in [5.74, 6) is 2.80. The van der Waals surface area contributed by atoms with Gasteiger partial charge in [-0.2, -0.15) is 0 Å². The molecule has 6 unspecified atom stereocenters. The molecule has 0 N–H and O–H groups in total. The normalized spacial score (nSPS) is 42.5. The van der Waals surface area contributed by atoms with Gasteiger partial charge in [0.25, 0.3) is 0 Å². The molecule has 3 nitrogen and oxygen atoms in total. The largest absolute Gasteiger partial charge is 0.508 e. The van der Waals surface area contributed by atoms with Crippen molar-refractivity contribution in [3.63, 3.8) is 0 Å². The third-order valence-corrected chi connectivity index (χ3v) is 7.51. The van der Waals surface area contributed by atoms with Crippen LogP contribution in [-0.4, -0.2) is 18.4 Å². The van der Waals surface area contributed by atoms with Crippen LogP contribution in [-0.2, 0) is 9.47 Å². The van der Waals surface area contributed by atoms with Crippen molar-refractivity contribution in [3.8, 4) is 0 Å². The second kappa shape index (κ2) is 7.66. The van der Waals surface area contributed by atoms with Crippen LogP contribution in [0.2, 0.25) is 0 Å². The van der Waals surface area contributed by atoms with E-state index in [0.29, 0.717) is 11.8 Å². The van der Waals surface area contributed by atoms with Gasteiger partial charge in [0.1, 0.15) is 12.2 Å². The molecule has 4 saturated carbocycles. The molecule has 0 aromatic carbocycles. The van der Waals surface area contributed by atoms with Crippen molar-refractivity contribution < 1.29 is 14.3 Å². The van der Waals surface area contributed by atoms with Crippen molar-refractivity contribution >= 4 is 6.16 Å². The molecule has 0 spiro atoms. The van der Waals surface area contributed by atoms with Crippen LogP contribution in [0.1, 0.15) is 89.9 Å². The number of carbonyl (C=O) groups excluding carboxylic acids is 1. The highest BCUT2D eigenvalue weighted by atomic mass is 16.7. The van der Waals surface area contributed by atoms with E-state index in [0.717, 1.165) is 24.7 Å². The molecule has 136 valence electrons. The fraction of sp³-hybridized carbons (Fsp3) is 0.952. The minimum atomic E-state index is -0.359. The Morgan fingerprint density at radius 3 is 1.46 bits per heavy atom. The molecule has 4 fully saturated rings. The summed E-state index contributed by atoms with van der Waals surface area (Å²) in [6.45, 7) is 0. The molecular weight excluding hydrogens is 300 g/mol. The van der Waals surface area contributed by atoms with Gasteiger partial charge in [0.15, 0.2) is 0 Å². The molecule has 0 aromatic rings. The molecule has 6 atom stereocenters. The maximum Gasteiger partial charge on any atom is 0.508 e. The highest BCUT2D eigenvalue weighted by Crippen LogP contribution is 2.43. The maximum atomic E-state index is 12.5. The van der Waals surface area contributed by atoms with Crippen LogP contribution >= 0.6 is 0 Å². The molecule has 0 heterocycles. The first-order chi connectivity index (χ1) is 11.8. The van der Waals surface area contributed by atoms with Crippen LogP contribution in [0.15, 0.2) is 0 Å². The van der Waals surface area contributed by atoms with Gasteiger partial charge in [0.2, 0.25) is 0 Å². The highest BCUT2D eigenvalue weighted by Gasteiger charge is 2.40. The van der Waals surface area contributed by atoms with E-state index in [2.05, 4.69) is 0 Å². The van der Waals surface area contributed by atoms with Crippen molar-refractivity contribution in [3.05, 3.63) is 0 Å². The average Bonchev–Trinajstić information content (AvgIpc) is 2.62. The highest BCUT2D eigenvalue weighted by molar-refractivity contribution is 5.60. The lowest BCUT2D eigenvalue weighted by atomic mass is 9.69. The molecule has 0 aromatic heterocycles. The van der Waals surface area contributed by atoms with Crippen LogP contribution in [0.3, 0.4) is 0 Å². The van der Waals surface area contributed by atoms with E-state index in [1.165, 1.54) is 77.0 Å². The average molecular weight is 335 g/mol. The molecule has 4 aliphatic carbocycles. The molecule has 0 aliphatic heterocycles. The minimum Gasteiger partial charge on any atom is -0.431 e. The Bertz CT molecular complexity index is 393. The molecule has 24 heavy (non-hydrogen) atoms. The zero-order valence-corrected chi connectivity index (χ0v) is 15.1. The van der Waals surface area contributed by atoms with Gasteiger partial charge in [-0.15, -0.1) is 0 Å². The molecule has 0 bridgehead atoms. The quantitative estimate of drug-likeness (QED) is 0.594. The summed E-state index contributed by atoms with van der Waals surface area (Å²) < 4.78 is 11.8. The topological polar surface area (TPSA) is 35.5 Å². The van der Waals surface area contributed by atoms with E-state index in [4.69, 9.17) is 9.47 Å². The van der Waals surface area contributed by atoms with Gasteiger partial charge in [-0.1, -0.05) is 38.5 Å². The molecule has 0 amide bonds. The van der Waals surface area contributed by atoms with Gasteiger partial charge in [-0.05, 0) is 75.0 Å². The number of rotatable bonds is 2. The van der Waals surface area contributed by atoms with Crippen LogP contribution in [0.5, 0.6) is 0 Å². The lowest BCUT2D eigenvalue weighted by Gasteiger charge is -2.42. The van der Waals surface area contributed by atoms with Crippen LogP contribution in [0.4, 0.5) is 4.79 Å². The Morgan fingerprint density at radius 1 is 0.542 bits per heavy atom. The first-order valence-corrected chi connectivity index (χ1v) is 10.7. The van der Waals surface area contributed by atoms with Crippen molar-refractivity contribution in [2.45, 2.75) is 102 Å². The second-order valence-corrected chi connectivity index (χ2v) is 8.84. The molecular formula is C21H34O3. The van der Waals surface area contributed by atoms with E-state index in [1.54, 1.807) is 0 Å². The number of hydrogen-bond acceptors (Lipinski definition) is 3. The summed E-state index contributed by atoms with van der Waals surface area (Å²) >= 11 is 0. The summed E-state index contributed by atoms with van der Waals surface area (Å²) in [4.78, 5) is 12.5. The van der Waals surface area contributed by atoms with Gasteiger partial charge in [0, 0.05) is 0 Å². The number of carbonyl (C=O) groups is 1.